The molecule has 0 amide bonds. The van der Waals surface area contributed by atoms with Gasteiger partial charge in [-0.1, -0.05) is 42.5 Å². The van der Waals surface area contributed by atoms with Gasteiger partial charge < -0.3 is 14.8 Å². The maximum Gasteiger partial charge on any atom is 0.238 e. The number of para-hydroxylation sites is 2. The van der Waals surface area contributed by atoms with E-state index in [9.17, 15) is 12.6 Å². The van der Waals surface area contributed by atoms with Crippen LogP contribution < -0.4 is 19.9 Å². The summed E-state index contributed by atoms with van der Waals surface area (Å²) in [7, 11) is -3.73. The molecule has 0 bridgehead atoms. The normalized spacial score (nSPS) is 13.3. The van der Waals surface area contributed by atoms with E-state index in [1.807, 2.05) is 42.5 Å². The van der Waals surface area contributed by atoms with Crippen LogP contribution >= 0.6 is 0 Å². The zero-order chi connectivity index (χ0) is 23.8. The van der Waals surface area contributed by atoms with E-state index in [-0.39, 0.29) is 4.90 Å². The highest BCUT2D eigenvalue weighted by Crippen LogP contribution is 2.28. The topological polar surface area (TPSA) is 108 Å². The van der Waals surface area contributed by atoms with Crippen molar-refractivity contribution < 1.29 is 22.1 Å². The number of rotatable bonds is 11. The first-order valence-electron chi connectivity index (χ1n) is 10.4. The van der Waals surface area contributed by atoms with E-state index in [1.165, 1.54) is 6.07 Å². The minimum Gasteiger partial charge on any atom is -0.493 e. The molecule has 176 valence electrons. The average molecular weight is 489 g/mol. The zero-order valence-electron chi connectivity index (χ0n) is 18.6. The number of hydrogen-bond donors (Lipinski definition) is 2. The van der Waals surface area contributed by atoms with Gasteiger partial charge in [0.1, 0.15) is 6.61 Å². The van der Waals surface area contributed by atoms with Gasteiger partial charge in [0.2, 0.25) is 10.0 Å². The Balaban J connectivity index is 1.75. The van der Waals surface area contributed by atoms with Crippen molar-refractivity contribution in [1.82, 2.24) is 5.32 Å². The fraction of sp³-hybridized carbons (Fsp3) is 0.250. The lowest BCUT2D eigenvalue weighted by Gasteiger charge is -2.19. The fourth-order valence-corrected chi connectivity index (χ4v) is 5.60. The first-order chi connectivity index (χ1) is 15.8. The smallest absolute Gasteiger partial charge is 0.238 e. The Morgan fingerprint density at radius 3 is 2.33 bits per heavy atom. The van der Waals surface area contributed by atoms with Crippen LogP contribution in [0.25, 0.3) is 0 Å². The Morgan fingerprint density at radius 1 is 1.00 bits per heavy atom. The van der Waals surface area contributed by atoms with E-state index in [1.54, 1.807) is 38.3 Å². The molecule has 2 unspecified atom stereocenters. The number of ether oxygens (including phenoxy) is 2. The molecule has 0 radical (unpaired) electrons. The number of methoxy groups -OCH3 is 1. The van der Waals surface area contributed by atoms with Gasteiger partial charge in [-0.2, -0.15) is 0 Å². The van der Waals surface area contributed by atoms with Crippen LogP contribution in [0.2, 0.25) is 0 Å². The van der Waals surface area contributed by atoms with Crippen molar-refractivity contribution in [2.24, 2.45) is 5.14 Å². The molecule has 2 atom stereocenters. The maximum absolute atomic E-state index is 13.4. The first kappa shape index (κ1) is 24.9. The van der Waals surface area contributed by atoms with Gasteiger partial charge in [-0.3, -0.25) is 4.21 Å². The second-order valence-electron chi connectivity index (χ2n) is 7.37. The van der Waals surface area contributed by atoms with Gasteiger partial charge >= 0.3 is 0 Å². The highest BCUT2D eigenvalue weighted by atomic mass is 32.2. The summed E-state index contributed by atoms with van der Waals surface area (Å²) >= 11 is 0. The van der Waals surface area contributed by atoms with Gasteiger partial charge in [-0.15, -0.1) is 0 Å². The van der Waals surface area contributed by atoms with Gasteiger partial charge in [0.15, 0.2) is 11.5 Å². The molecule has 0 saturated heterocycles. The molecule has 0 aliphatic rings. The van der Waals surface area contributed by atoms with Crippen molar-refractivity contribution in [2.45, 2.75) is 22.0 Å². The van der Waals surface area contributed by atoms with E-state index in [4.69, 9.17) is 14.6 Å². The number of benzene rings is 3. The number of primary sulfonamides is 1. The Morgan fingerprint density at radius 2 is 1.67 bits per heavy atom. The van der Waals surface area contributed by atoms with E-state index < -0.39 is 26.1 Å². The minimum atomic E-state index is -3.90. The van der Waals surface area contributed by atoms with Crippen LogP contribution in [0.3, 0.4) is 0 Å². The highest BCUT2D eigenvalue weighted by Gasteiger charge is 2.23. The lowest BCUT2D eigenvalue weighted by molar-refractivity contribution is 0.292. The Bertz CT molecular complexity index is 1200. The Labute approximate surface area is 197 Å². The number of aryl methyl sites for hydroxylation is 1. The van der Waals surface area contributed by atoms with Crippen molar-refractivity contribution in [3.8, 4) is 11.5 Å². The van der Waals surface area contributed by atoms with Crippen LogP contribution in [0, 0.1) is 6.92 Å². The summed E-state index contributed by atoms with van der Waals surface area (Å²) in [6.45, 7) is 2.90. The number of nitrogens with two attached hydrogens (primary N) is 1. The third kappa shape index (κ3) is 6.64. The molecule has 3 rings (SSSR count). The van der Waals surface area contributed by atoms with Crippen molar-refractivity contribution >= 4 is 20.8 Å². The summed E-state index contributed by atoms with van der Waals surface area (Å²) in [5, 5.41) is 8.18. The van der Waals surface area contributed by atoms with Crippen LogP contribution in [0.5, 0.6) is 11.5 Å². The van der Waals surface area contributed by atoms with Gasteiger partial charge in [-0.05, 0) is 48.4 Å². The number of hydrogen-bond acceptors (Lipinski definition) is 6. The second-order valence-corrected chi connectivity index (χ2v) is 10.5. The summed E-state index contributed by atoms with van der Waals surface area (Å²) < 4.78 is 48.5. The molecule has 3 aromatic rings. The van der Waals surface area contributed by atoms with Crippen LogP contribution in [-0.4, -0.2) is 39.4 Å². The van der Waals surface area contributed by atoms with Gasteiger partial charge in [0, 0.05) is 18.0 Å². The lowest BCUT2D eigenvalue weighted by Crippen LogP contribution is -2.28. The quantitative estimate of drug-likeness (QED) is 0.402. The minimum absolute atomic E-state index is 0.0366. The summed E-state index contributed by atoms with van der Waals surface area (Å²) in [5.74, 6) is 1.29. The monoisotopic (exact) mass is 488 g/mol. The molecular formula is C24H28N2O5S2. The standard InChI is InChI=1S/C24H28N2O5S2/c1-18-12-13-19(16-24(18)33(25,28)29)23(32(27)20-8-4-3-5-9-20)17-26-14-15-31-22-11-7-6-10-21(22)30-2/h3-13,16,23,26H,14-15,17H2,1-2H3,(H2,25,28,29). The lowest BCUT2D eigenvalue weighted by atomic mass is 10.1. The highest BCUT2D eigenvalue weighted by molar-refractivity contribution is 7.89. The predicted octanol–water partition coefficient (Wildman–Crippen LogP) is 3.17. The molecule has 0 heterocycles. The van der Waals surface area contributed by atoms with Crippen molar-refractivity contribution in [1.29, 1.82) is 0 Å². The molecule has 9 heteroatoms. The molecule has 7 nitrogen and oxygen atoms in total. The third-order valence-corrected chi connectivity index (χ3v) is 7.80. The van der Waals surface area contributed by atoms with Crippen LogP contribution in [-0.2, 0) is 20.8 Å². The second kappa shape index (κ2) is 11.4. The molecule has 0 fully saturated rings. The Hall–Kier alpha value is -2.72. The first-order valence-corrected chi connectivity index (χ1v) is 13.1. The molecule has 0 aliphatic carbocycles. The Kier molecular flexibility index (Phi) is 8.62. The molecule has 0 saturated carbocycles. The maximum atomic E-state index is 13.4. The molecule has 33 heavy (non-hydrogen) atoms. The van der Waals surface area contributed by atoms with Gasteiger partial charge in [0.25, 0.3) is 0 Å². The number of sulfonamides is 1. The molecule has 0 spiro atoms. The SMILES string of the molecule is COc1ccccc1OCCNCC(c1ccc(C)c(S(N)(=O)=O)c1)S(=O)c1ccccc1. The molecule has 3 aromatic carbocycles. The van der Waals surface area contributed by atoms with Crippen LogP contribution in [0.1, 0.15) is 16.4 Å². The summed E-state index contributed by atoms with van der Waals surface area (Å²) in [5.41, 5.74) is 1.17. The fourth-order valence-electron chi connectivity index (χ4n) is 3.36. The molecule has 0 aromatic heterocycles. The van der Waals surface area contributed by atoms with E-state index in [0.717, 1.165) is 0 Å². The van der Waals surface area contributed by atoms with Gasteiger partial charge in [-0.25, -0.2) is 13.6 Å². The van der Waals surface area contributed by atoms with E-state index in [0.29, 0.717) is 47.2 Å². The summed E-state index contributed by atoms with van der Waals surface area (Å²) in [4.78, 5) is 0.696. The van der Waals surface area contributed by atoms with Crippen molar-refractivity contribution in [3.05, 3.63) is 83.9 Å². The van der Waals surface area contributed by atoms with E-state index >= 15 is 0 Å². The van der Waals surface area contributed by atoms with Crippen LogP contribution in [0.4, 0.5) is 0 Å². The average Bonchev–Trinajstić information content (AvgIpc) is 2.81. The van der Waals surface area contributed by atoms with E-state index in [2.05, 4.69) is 5.32 Å². The number of nitrogens with one attached hydrogen (secondary N) is 1. The zero-order valence-corrected chi connectivity index (χ0v) is 20.2. The molecular weight excluding hydrogens is 460 g/mol. The van der Waals surface area contributed by atoms with Crippen molar-refractivity contribution in [3.63, 3.8) is 0 Å². The predicted molar refractivity (Wildman–Crippen MR) is 130 cm³/mol. The molecule has 0 aliphatic heterocycles. The van der Waals surface area contributed by atoms with Crippen molar-refractivity contribution in [2.75, 3.05) is 26.8 Å². The third-order valence-electron chi connectivity index (χ3n) is 5.06. The molecule has 3 N–H and O–H groups in total. The van der Waals surface area contributed by atoms with Crippen LogP contribution in [0.15, 0.2) is 82.6 Å². The summed E-state index contributed by atoms with van der Waals surface area (Å²) in [6.07, 6.45) is 0. The summed E-state index contributed by atoms with van der Waals surface area (Å²) in [6, 6.07) is 21.5. The largest absolute Gasteiger partial charge is 0.493 e. The van der Waals surface area contributed by atoms with Gasteiger partial charge in [0.05, 0.1) is 28.1 Å².